The van der Waals surface area contributed by atoms with Gasteiger partial charge in [0.25, 0.3) is 0 Å². The van der Waals surface area contributed by atoms with Crippen LogP contribution in [0.25, 0.3) is 10.8 Å². The van der Waals surface area contributed by atoms with Crippen LogP contribution in [0.5, 0.6) is 0 Å². The lowest BCUT2D eigenvalue weighted by Gasteiger charge is -2.15. The van der Waals surface area contributed by atoms with Crippen LogP contribution >= 0.6 is 50.5 Å². The molecule has 2 rings (SSSR count). The lowest BCUT2D eigenvalue weighted by Crippen LogP contribution is -1.96. The topological polar surface area (TPSA) is 0 Å². The van der Waals surface area contributed by atoms with Gasteiger partial charge in [0.1, 0.15) is 0 Å². The lowest BCUT2D eigenvalue weighted by atomic mass is 9.93. The molecule has 0 unspecified atom stereocenters. The van der Waals surface area contributed by atoms with Crippen LogP contribution in [-0.2, 0) is 23.0 Å². The van der Waals surface area contributed by atoms with Crippen molar-refractivity contribution in [1.82, 2.24) is 0 Å². The maximum atomic E-state index is 4.44. The van der Waals surface area contributed by atoms with Gasteiger partial charge in [-0.3, -0.25) is 0 Å². The first-order valence-electron chi connectivity index (χ1n) is 5.75. The molecule has 0 aromatic heterocycles. The summed E-state index contributed by atoms with van der Waals surface area (Å²) in [5, 5.41) is 2.58. The first-order valence-corrected chi connectivity index (χ1v) is 8.28. The van der Waals surface area contributed by atoms with Gasteiger partial charge in [-0.1, -0.05) is 24.3 Å². The van der Waals surface area contributed by atoms with Crippen LogP contribution in [-0.4, -0.2) is 0 Å². The minimum atomic E-state index is 0.736. The lowest BCUT2D eigenvalue weighted by molar-refractivity contribution is 1.34. The average Bonchev–Trinajstić information content (AvgIpc) is 2.44. The van der Waals surface area contributed by atoms with Crippen molar-refractivity contribution in [3.8, 4) is 0 Å². The molecule has 0 amide bonds. The summed E-state index contributed by atoms with van der Waals surface area (Å²) in [7, 11) is 0. The highest BCUT2D eigenvalue weighted by molar-refractivity contribution is 7.80. The van der Waals surface area contributed by atoms with Crippen molar-refractivity contribution in [3.05, 3.63) is 46.5 Å². The monoisotopic (exact) mass is 312 g/mol. The SMILES string of the molecule is SCc1ccc(CS)c2c(CS)ccc(CS)c12. The van der Waals surface area contributed by atoms with E-state index in [-0.39, 0.29) is 0 Å². The van der Waals surface area contributed by atoms with E-state index in [0.29, 0.717) is 0 Å². The van der Waals surface area contributed by atoms with Crippen LogP contribution < -0.4 is 0 Å². The van der Waals surface area contributed by atoms with Crippen molar-refractivity contribution in [2.24, 2.45) is 0 Å². The van der Waals surface area contributed by atoms with Crippen LogP contribution in [0.15, 0.2) is 24.3 Å². The van der Waals surface area contributed by atoms with Crippen molar-refractivity contribution in [3.63, 3.8) is 0 Å². The average molecular weight is 313 g/mol. The molecule has 0 saturated carbocycles. The normalized spacial score (nSPS) is 11.1. The highest BCUT2D eigenvalue weighted by Gasteiger charge is 2.11. The Kier molecular flexibility index (Phi) is 5.24. The molecule has 0 N–H and O–H groups in total. The van der Waals surface area contributed by atoms with Gasteiger partial charge in [0.2, 0.25) is 0 Å². The molecule has 0 aliphatic rings. The first-order chi connectivity index (χ1) is 8.76. The summed E-state index contributed by atoms with van der Waals surface area (Å²) < 4.78 is 0. The quantitative estimate of drug-likeness (QED) is 0.585. The fourth-order valence-corrected chi connectivity index (χ4v) is 3.37. The van der Waals surface area contributed by atoms with E-state index in [1.165, 1.54) is 33.0 Å². The number of rotatable bonds is 4. The predicted molar refractivity (Wildman–Crippen MR) is 94.7 cm³/mol. The van der Waals surface area contributed by atoms with E-state index in [4.69, 9.17) is 0 Å². The molecule has 0 aliphatic carbocycles. The maximum absolute atomic E-state index is 4.44. The molecule has 2 aromatic carbocycles. The van der Waals surface area contributed by atoms with Gasteiger partial charge in [-0.2, -0.15) is 50.5 Å². The van der Waals surface area contributed by atoms with Crippen molar-refractivity contribution in [2.45, 2.75) is 23.0 Å². The van der Waals surface area contributed by atoms with E-state index in [9.17, 15) is 0 Å². The van der Waals surface area contributed by atoms with Gasteiger partial charge in [0.15, 0.2) is 0 Å². The van der Waals surface area contributed by atoms with Crippen LogP contribution in [0.2, 0.25) is 0 Å². The van der Waals surface area contributed by atoms with E-state index in [0.717, 1.165) is 23.0 Å². The van der Waals surface area contributed by atoms with Crippen LogP contribution in [0, 0.1) is 0 Å². The highest BCUT2D eigenvalue weighted by Crippen LogP contribution is 2.32. The van der Waals surface area contributed by atoms with E-state index < -0.39 is 0 Å². The largest absolute Gasteiger partial charge is 0.175 e. The van der Waals surface area contributed by atoms with E-state index in [2.05, 4.69) is 74.8 Å². The number of thiol groups is 4. The number of fused-ring (bicyclic) bond motifs is 1. The minimum Gasteiger partial charge on any atom is -0.175 e. The molecule has 18 heavy (non-hydrogen) atoms. The van der Waals surface area contributed by atoms with Crippen molar-refractivity contribution in [1.29, 1.82) is 0 Å². The summed E-state index contributed by atoms with van der Waals surface area (Å²) in [5.41, 5.74) is 5.02. The zero-order valence-electron chi connectivity index (χ0n) is 9.93. The Morgan fingerprint density at radius 1 is 0.500 bits per heavy atom. The molecule has 0 bridgehead atoms. The van der Waals surface area contributed by atoms with E-state index >= 15 is 0 Å². The maximum Gasteiger partial charge on any atom is 0.0160 e. The molecule has 0 spiro atoms. The Labute approximate surface area is 130 Å². The standard InChI is InChI=1S/C14H16S4/c15-5-9-1-2-10(6-16)14-12(8-18)4-3-11(7-17)13(9)14/h1-4,15-18H,5-8H2. The second kappa shape index (κ2) is 6.51. The van der Waals surface area contributed by atoms with Gasteiger partial charge >= 0.3 is 0 Å². The molecule has 4 heteroatoms. The number of hydrogen-bond acceptors (Lipinski definition) is 4. The summed E-state index contributed by atoms with van der Waals surface area (Å²) in [6.45, 7) is 0. The highest BCUT2D eigenvalue weighted by atomic mass is 32.1. The summed E-state index contributed by atoms with van der Waals surface area (Å²) in [4.78, 5) is 0. The molecule has 0 aliphatic heterocycles. The molecular weight excluding hydrogens is 296 g/mol. The van der Waals surface area contributed by atoms with Gasteiger partial charge in [-0.15, -0.1) is 0 Å². The second-order valence-electron chi connectivity index (χ2n) is 4.15. The van der Waals surface area contributed by atoms with Crippen molar-refractivity contribution in [2.75, 3.05) is 0 Å². The Bertz CT molecular complexity index is 466. The molecule has 0 fully saturated rings. The van der Waals surface area contributed by atoms with Gasteiger partial charge in [0, 0.05) is 23.0 Å². The fourth-order valence-electron chi connectivity index (χ4n) is 2.32. The molecule has 0 nitrogen and oxygen atoms in total. The van der Waals surface area contributed by atoms with Gasteiger partial charge in [-0.25, -0.2) is 0 Å². The Morgan fingerprint density at radius 2 is 0.722 bits per heavy atom. The van der Waals surface area contributed by atoms with Gasteiger partial charge < -0.3 is 0 Å². The molecule has 0 radical (unpaired) electrons. The minimum absolute atomic E-state index is 0.736. The zero-order chi connectivity index (χ0) is 13.1. The summed E-state index contributed by atoms with van der Waals surface area (Å²) in [6, 6.07) is 8.60. The van der Waals surface area contributed by atoms with Crippen LogP contribution in [0.1, 0.15) is 22.3 Å². The summed E-state index contributed by atoms with van der Waals surface area (Å²) in [6.07, 6.45) is 0. The molecule has 96 valence electrons. The van der Waals surface area contributed by atoms with E-state index in [1.807, 2.05) is 0 Å². The van der Waals surface area contributed by atoms with Gasteiger partial charge in [-0.05, 0) is 33.0 Å². The van der Waals surface area contributed by atoms with Crippen molar-refractivity contribution < 1.29 is 0 Å². The Hall–Kier alpha value is 0.1000. The van der Waals surface area contributed by atoms with Crippen LogP contribution in [0.3, 0.4) is 0 Å². The third kappa shape index (κ3) is 2.53. The Morgan fingerprint density at radius 3 is 0.889 bits per heavy atom. The number of hydrogen-bond donors (Lipinski definition) is 4. The third-order valence-corrected chi connectivity index (χ3v) is 4.55. The zero-order valence-corrected chi connectivity index (χ0v) is 13.5. The number of benzene rings is 2. The van der Waals surface area contributed by atoms with E-state index in [1.54, 1.807) is 0 Å². The molecule has 2 aromatic rings. The summed E-state index contributed by atoms with van der Waals surface area (Å²) >= 11 is 17.7. The molecule has 0 saturated heterocycles. The predicted octanol–water partition coefficient (Wildman–Crippen LogP) is 4.56. The van der Waals surface area contributed by atoms with Gasteiger partial charge in [0.05, 0.1) is 0 Å². The first kappa shape index (κ1) is 14.5. The molecular formula is C14H16S4. The summed E-state index contributed by atoms with van der Waals surface area (Å²) in [5.74, 6) is 2.95. The fraction of sp³-hybridized carbons (Fsp3) is 0.286. The third-order valence-electron chi connectivity index (χ3n) is 3.19. The second-order valence-corrected chi connectivity index (χ2v) is 5.41. The van der Waals surface area contributed by atoms with Crippen LogP contribution in [0.4, 0.5) is 0 Å². The van der Waals surface area contributed by atoms with Crippen molar-refractivity contribution >= 4 is 61.3 Å². The molecule has 0 atom stereocenters. The Balaban J connectivity index is 2.92. The smallest absolute Gasteiger partial charge is 0.0160 e. The molecule has 0 heterocycles.